The Labute approximate surface area is 179 Å². The van der Waals surface area contributed by atoms with E-state index in [1.54, 1.807) is 6.26 Å². The molecular weight excluding hydrogens is 378 g/mol. The van der Waals surface area contributed by atoms with E-state index in [4.69, 9.17) is 14.2 Å². The maximum absolute atomic E-state index is 6.00. The van der Waals surface area contributed by atoms with Gasteiger partial charge in [0, 0.05) is 39.4 Å². The Hall–Kier alpha value is -2.38. The van der Waals surface area contributed by atoms with Gasteiger partial charge in [0.15, 0.2) is 11.6 Å². The third-order valence-corrected chi connectivity index (χ3v) is 5.94. The molecule has 0 bridgehead atoms. The largest absolute Gasteiger partial charge is 0.449 e. The second-order valence-corrected chi connectivity index (χ2v) is 8.52. The fourth-order valence-corrected chi connectivity index (χ4v) is 3.99. The number of unbranched alkanes of at least 4 members (excludes halogenated alkanes) is 1. The molecule has 7 heteroatoms. The highest BCUT2D eigenvalue weighted by Crippen LogP contribution is 2.30. The molecule has 0 radical (unpaired) electrons. The number of benzene rings is 1. The Kier molecular flexibility index (Phi) is 6.39. The molecule has 1 saturated heterocycles. The van der Waals surface area contributed by atoms with Crippen LogP contribution in [0.25, 0.3) is 0 Å². The van der Waals surface area contributed by atoms with Crippen molar-refractivity contribution in [1.29, 1.82) is 0 Å². The van der Waals surface area contributed by atoms with Gasteiger partial charge in [0.1, 0.15) is 6.26 Å². The van der Waals surface area contributed by atoms with Crippen LogP contribution < -0.4 is 5.48 Å². The molecule has 2 aliphatic heterocycles. The average Bonchev–Trinajstić information content (AvgIpc) is 3.36. The molecule has 0 aliphatic carbocycles. The molecule has 4 rings (SSSR count). The molecule has 0 unspecified atom stereocenters. The SMILES string of the molecule is CCCCc1ccc(CN(Cc2coc(C)n2)C2=NC3(CCN(C)CC3)ON2)cc1. The quantitative estimate of drug-likeness (QED) is 0.750. The summed E-state index contributed by atoms with van der Waals surface area (Å²) in [5, 5.41) is 0. The van der Waals surface area contributed by atoms with Crippen molar-refractivity contribution in [1.82, 2.24) is 20.3 Å². The van der Waals surface area contributed by atoms with Crippen LogP contribution in [0.4, 0.5) is 0 Å². The van der Waals surface area contributed by atoms with E-state index in [1.165, 1.54) is 24.0 Å². The first-order valence-corrected chi connectivity index (χ1v) is 11.0. The highest BCUT2D eigenvalue weighted by Gasteiger charge is 2.40. The number of likely N-dealkylation sites (tertiary alicyclic amines) is 1. The molecule has 1 spiro atoms. The molecule has 30 heavy (non-hydrogen) atoms. The number of hydrogen-bond donors (Lipinski definition) is 1. The first kappa shape index (κ1) is 20.9. The Bertz CT molecular complexity index is 853. The summed E-state index contributed by atoms with van der Waals surface area (Å²) in [6, 6.07) is 8.91. The summed E-state index contributed by atoms with van der Waals surface area (Å²) < 4.78 is 5.42. The number of rotatable bonds is 7. The van der Waals surface area contributed by atoms with Crippen molar-refractivity contribution in [2.24, 2.45) is 4.99 Å². The Morgan fingerprint density at radius 1 is 1.13 bits per heavy atom. The van der Waals surface area contributed by atoms with Gasteiger partial charge in [-0.2, -0.15) is 0 Å². The number of aromatic nitrogens is 1. The number of guanidine groups is 1. The van der Waals surface area contributed by atoms with E-state index >= 15 is 0 Å². The van der Waals surface area contributed by atoms with Crippen LogP contribution in [0.5, 0.6) is 0 Å². The summed E-state index contributed by atoms with van der Waals surface area (Å²) in [5.74, 6) is 1.45. The van der Waals surface area contributed by atoms with Gasteiger partial charge in [-0.25, -0.2) is 20.3 Å². The van der Waals surface area contributed by atoms with E-state index in [0.29, 0.717) is 12.4 Å². The first-order chi connectivity index (χ1) is 14.5. The highest BCUT2D eigenvalue weighted by molar-refractivity contribution is 5.80. The van der Waals surface area contributed by atoms with Gasteiger partial charge in [-0.05, 0) is 31.0 Å². The lowest BCUT2D eigenvalue weighted by molar-refractivity contribution is -0.0875. The Balaban J connectivity index is 1.51. The first-order valence-electron chi connectivity index (χ1n) is 11.0. The van der Waals surface area contributed by atoms with Crippen LogP contribution in [0, 0.1) is 6.92 Å². The number of oxazole rings is 1. The normalized spacial score (nSPS) is 18.4. The summed E-state index contributed by atoms with van der Waals surface area (Å²) in [6.45, 7) is 7.41. The summed E-state index contributed by atoms with van der Waals surface area (Å²) >= 11 is 0. The summed E-state index contributed by atoms with van der Waals surface area (Å²) in [4.78, 5) is 20.0. The van der Waals surface area contributed by atoms with E-state index in [0.717, 1.165) is 50.6 Å². The lowest BCUT2D eigenvalue weighted by Gasteiger charge is -2.33. The third-order valence-electron chi connectivity index (χ3n) is 5.94. The minimum Gasteiger partial charge on any atom is -0.449 e. The molecule has 2 aromatic rings. The van der Waals surface area contributed by atoms with Crippen molar-refractivity contribution in [2.75, 3.05) is 20.1 Å². The molecule has 3 heterocycles. The van der Waals surface area contributed by atoms with Crippen LogP contribution in [0.3, 0.4) is 0 Å². The van der Waals surface area contributed by atoms with Gasteiger partial charge < -0.3 is 14.2 Å². The number of hydrogen-bond acceptors (Lipinski definition) is 7. The van der Waals surface area contributed by atoms with Crippen molar-refractivity contribution in [3.63, 3.8) is 0 Å². The monoisotopic (exact) mass is 411 g/mol. The van der Waals surface area contributed by atoms with Crippen LogP contribution in [-0.4, -0.2) is 46.6 Å². The van der Waals surface area contributed by atoms with Crippen LogP contribution in [0.1, 0.15) is 55.3 Å². The summed E-state index contributed by atoms with van der Waals surface area (Å²) in [6.07, 6.45) is 7.09. The summed E-state index contributed by atoms with van der Waals surface area (Å²) in [7, 11) is 2.14. The van der Waals surface area contributed by atoms with Crippen LogP contribution in [0.15, 0.2) is 39.9 Å². The van der Waals surface area contributed by atoms with Gasteiger partial charge in [-0.15, -0.1) is 0 Å². The lowest BCUT2D eigenvalue weighted by Crippen LogP contribution is -2.43. The fraction of sp³-hybridized carbons (Fsp3) is 0.565. The number of nitrogens with one attached hydrogen (secondary N) is 1. The summed E-state index contributed by atoms with van der Waals surface area (Å²) in [5.41, 5.74) is 6.19. The molecule has 162 valence electrons. The maximum Gasteiger partial charge on any atom is 0.222 e. The standard InChI is InChI=1S/C23H33N5O2/c1-4-5-6-19-7-9-20(10-8-19)15-28(16-21-17-29-18(2)24-21)22-25-23(30-26-22)11-13-27(3)14-12-23/h7-10,17H,4-6,11-16H2,1-3H3,(H,25,26). The van der Waals surface area contributed by atoms with Gasteiger partial charge in [-0.1, -0.05) is 37.6 Å². The van der Waals surface area contributed by atoms with E-state index in [1.807, 2.05) is 6.92 Å². The molecule has 2 aliphatic rings. The molecule has 1 aromatic heterocycles. The van der Waals surface area contributed by atoms with Gasteiger partial charge in [-0.3, -0.25) is 0 Å². The number of aliphatic imine (C=N–C) groups is 1. The number of piperidine rings is 1. The van der Waals surface area contributed by atoms with Crippen molar-refractivity contribution >= 4 is 5.96 Å². The predicted octanol–water partition coefficient (Wildman–Crippen LogP) is 3.64. The molecular formula is C23H33N5O2. The molecule has 7 nitrogen and oxygen atoms in total. The zero-order valence-corrected chi connectivity index (χ0v) is 18.4. The van der Waals surface area contributed by atoms with Crippen LogP contribution in [-0.2, 0) is 24.3 Å². The van der Waals surface area contributed by atoms with Gasteiger partial charge >= 0.3 is 0 Å². The minimum absolute atomic E-state index is 0.455. The molecule has 1 fully saturated rings. The average molecular weight is 412 g/mol. The maximum atomic E-state index is 6.00. The van der Waals surface area contributed by atoms with E-state index < -0.39 is 5.72 Å². The molecule has 0 saturated carbocycles. The molecule has 0 amide bonds. The van der Waals surface area contributed by atoms with E-state index in [-0.39, 0.29) is 0 Å². The van der Waals surface area contributed by atoms with Crippen LogP contribution >= 0.6 is 0 Å². The zero-order valence-electron chi connectivity index (χ0n) is 18.4. The van der Waals surface area contributed by atoms with Gasteiger partial charge in [0.2, 0.25) is 5.96 Å². The Morgan fingerprint density at radius 2 is 1.87 bits per heavy atom. The van der Waals surface area contributed by atoms with Gasteiger partial charge in [0.25, 0.3) is 0 Å². The molecule has 1 N–H and O–H groups in total. The second-order valence-electron chi connectivity index (χ2n) is 8.52. The topological polar surface area (TPSA) is 66.1 Å². The lowest BCUT2D eigenvalue weighted by atomic mass is 10.0. The van der Waals surface area contributed by atoms with Gasteiger partial charge in [0.05, 0.1) is 12.2 Å². The van der Waals surface area contributed by atoms with Crippen molar-refractivity contribution in [2.45, 2.75) is 64.8 Å². The Morgan fingerprint density at radius 3 is 2.53 bits per heavy atom. The predicted molar refractivity (Wildman–Crippen MR) is 117 cm³/mol. The van der Waals surface area contributed by atoms with Crippen LogP contribution in [0.2, 0.25) is 0 Å². The van der Waals surface area contributed by atoms with E-state index in [9.17, 15) is 0 Å². The smallest absolute Gasteiger partial charge is 0.222 e. The molecule has 1 aromatic carbocycles. The second kappa shape index (κ2) is 9.18. The number of nitrogens with zero attached hydrogens (tertiary/aromatic N) is 4. The fourth-order valence-electron chi connectivity index (χ4n) is 3.99. The highest BCUT2D eigenvalue weighted by atomic mass is 16.7. The molecule has 0 atom stereocenters. The van der Waals surface area contributed by atoms with Crippen molar-refractivity contribution < 1.29 is 9.25 Å². The zero-order chi connectivity index (χ0) is 21.0. The number of hydroxylamine groups is 1. The number of aryl methyl sites for hydroxylation is 2. The van der Waals surface area contributed by atoms with E-state index in [2.05, 4.69) is 58.5 Å². The third kappa shape index (κ3) is 5.02. The van der Waals surface area contributed by atoms with Crippen molar-refractivity contribution in [3.8, 4) is 0 Å². The minimum atomic E-state index is -0.455. The van der Waals surface area contributed by atoms with Crippen molar-refractivity contribution in [3.05, 3.63) is 53.2 Å².